The molecule has 2 aromatic carbocycles. The minimum atomic E-state index is -0.0624. The van der Waals surface area contributed by atoms with Crippen molar-refractivity contribution in [2.45, 2.75) is 18.9 Å². The Balaban J connectivity index is 1.56. The molecule has 2 amide bonds. The van der Waals surface area contributed by atoms with Gasteiger partial charge in [-0.2, -0.15) is 0 Å². The molecule has 26 heavy (non-hydrogen) atoms. The van der Waals surface area contributed by atoms with Crippen LogP contribution in [0.3, 0.4) is 0 Å². The molecule has 0 saturated carbocycles. The molecular weight excluding hydrogens is 326 g/mol. The minimum Gasteiger partial charge on any atom is -0.497 e. The second-order valence-electron chi connectivity index (χ2n) is 6.46. The SMILES string of the molecule is COc1ccc([C@H]2CCCN2C(=O)Nc2cccc3cnccc23)cc1. The van der Waals surface area contributed by atoms with Gasteiger partial charge in [-0.1, -0.05) is 24.3 Å². The molecule has 0 aliphatic carbocycles. The van der Waals surface area contributed by atoms with Gasteiger partial charge in [-0.05, 0) is 42.7 Å². The molecule has 0 spiro atoms. The molecule has 1 atom stereocenters. The van der Waals surface area contributed by atoms with Crippen LogP contribution in [-0.4, -0.2) is 29.6 Å². The number of likely N-dealkylation sites (tertiary alicyclic amines) is 1. The van der Waals surface area contributed by atoms with Crippen molar-refractivity contribution in [2.75, 3.05) is 19.0 Å². The molecule has 1 fully saturated rings. The molecule has 0 unspecified atom stereocenters. The van der Waals surface area contributed by atoms with Crippen molar-refractivity contribution in [1.82, 2.24) is 9.88 Å². The van der Waals surface area contributed by atoms with E-state index in [-0.39, 0.29) is 12.1 Å². The second kappa shape index (κ2) is 7.04. The van der Waals surface area contributed by atoms with E-state index < -0.39 is 0 Å². The number of nitrogens with one attached hydrogen (secondary N) is 1. The number of amides is 2. The normalized spacial score (nSPS) is 16.7. The third-order valence-electron chi connectivity index (χ3n) is 4.94. The first-order valence-corrected chi connectivity index (χ1v) is 8.80. The molecule has 1 aliphatic heterocycles. The van der Waals surface area contributed by atoms with E-state index >= 15 is 0 Å². The lowest BCUT2D eigenvalue weighted by molar-refractivity contribution is 0.207. The Bertz CT molecular complexity index is 919. The highest BCUT2D eigenvalue weighted by Crippen LogP contribution is 2.33. The summed E-state index contributed by atoms with van der Waals surface area (Å²) in [7, 11) is 1.66. The van der Waals surface area contributed by atoms with Crippen LogP contribution in [0.25, 0.3) is 10.8 Å². The van der Waals surface area contributed by atoms with E-state index in [9.17, 15) is 4.79 Å². The lowest BCUT2D eigenvalue weighted by Crippen LogP contribution is -2.34. The van der Waals surface area contributed by atoms with Gasteiger partial charge < -0.3 is 15.0 Å². The van der Waals surface area contributed by atoms with Crippen LogP contribution in [0.5, 0.6) is 5.75 Å². The van der Waals surface area contributed by atoms with E-state index in [1.165, 1.54) is 0 Å². The van der Waals surface area contributed by atoms with Gasteiger partial charge in [0.1, 0.15) is 5.75 Å². The first-order valence-electron chi connectivity index (χ1n) is 8.80. The minimum absolute atomic E-state index is 0.0624. The number of ether oxygens (including phenoxy) is 1. The Morgan fingerprint density at radius 1 is 1.19 bits per heavy atom. The zero-order valence-corrected chi connectivity index (χ0v) is 14.7. The number of hydrogen-bond acceptors (Lipinski definition) is 3. The maximum atomic E-state index is 12.9. The van der Waals surface area contributed by atoms with Crippen LogP contribution in [0.4, 0.5) is 10.5 Å². The summed E-state index contributed by atoms with van der Waals surface area (Å²) in [6.07, 6.45) is 5.53. The molecule has 4 rings (SSSR count). The quantitative estimate of drug-likeness (QED) is 0.752. The number of nitrogens with zero attached hydrogens (tertiary/aromatic N) is 2. The van der Waals surface area contributed by atoms with Crippen molar-refractivity contribution in [1.29, 1.82) is 0 Å². The number of methoxy groups -OCH3 is 1. The van der Waals surface area contributed by atoms with Crippen molar-refractivity contribution >= 4 is 22.5 Å². The Labute approximate surface area is 152 Å². The van der Waals surface area contributed by atoms with Gasteiger partial charge in [0.05, 0.1) is 18.8 Å². The Morgan fingerprint density at radius 3 is 2.85 bits per heavy atom. The van der Waals surface area contributed by atoms with Gasteiger partial charge in [-0.3, -0.25) is 4.98 Å². The smallest absolute Gasteiger partial charge is 0.322 e. The predicted molar refractivity (Wildman–Crippen MR) is 102 cm³/mol. The van der Waals surface area contributed by atoms with Crippen LogP contribution >= 0.6 is 0 Å². The number of fused-ring (bicyclic) bond motifs is 1. The molecule has 2 heterocycles. The maximum absolute atomic E-state index is 12.9. The van der Waals surface area contributed by atoms with E-state index in [1.807, 2.05) is 53.4 Å². The van der Waals surface area contributed by atoms with E-state index in [0.717, 1.165) is 47.2 Å². The molecule has 3 aromatic rings. The van der Waals surface area contributed by atoms with Gasteiger partial charge in [0, 0.05) is 29.7 Å². The van der Waals surface area contributed by atoms with Crippen molar-refractivity contribution in [3.8, 4) is 5.75 Å². The molecule has 1 N–H and O–H groups in total. The molecule has 5 heteroatoms. The highest BCUT2D eigenvalue weighted by molar-refractivity contribution is 6.01. The van der Waals surface area contributed by atoms with Crippen LogP contribution < -0.4 is 10.1 Å². The van der Waals surface area contributed by atoms with Crippen LogP contribution in [0.2, 0.25) is 0 Å². The molecule has 1 aliphatic rings. The van der Waals surface area contributed by atoms with Gasteiger partial charge in [0.2, 0.25) is 0 Å². The van der Waals surface area contributed by atoms with Gasteiger partial charge in [-0.15, -0.1) is 0 Å². The summed E-state index contributed by atoms with van der Waals surface area (Å²) >= 11 is 0. The van der Waals surface area contributed by atoms with Crippen LogP contribution in [0, 0.1) is 0 Å². The number of anilines is 1. The van der Waals surface area contributed by atoms with Gasteiger partial charge >= 0.3 is 6.03 Å². The fourth-order valence-electron chi connectivity index (χ4n) is 3.60. The highest BCUT2D eigenvalue weighted by Gasteiger charge is 2.30. The summed E-state index contributed by atoms with van der Waals surface area (Å²) < 4.78 is 5.23. The summed E-state index contributed by atoms with van der Waals surface area (Å²) in [4.78, 5) is 19.0. The number of aromatic nitrogens is 1. The van der Waals surface area contributed by atoms with Crippen molar-refractivity contribution in [3.63, 3.8) is 0 Å². The van der Waals surface area contributed by atoms with E-state index in [2.05, 4.69) is 10.3 Å². The highest BCUT2D eigenvalue weighted by atomic mass is 16.5. The number of benzene rings is 2. The molecular formula is C21H21N3O2. The van der Waals surface area contributed by atoms with Crippen molar-refractivity contribution in [2.24, 2.45) is 0 Å². The molecule has 1 aromatic heterocycles. The molecule has 5 nitrogen and oxygen atoms in total. The second-order valence-corrected chi connectivity index (χ2v) is 6.46. The maximum Gasteiger partial charge on any atom is 0.322 e. The van der Waals surface area contributed by atoms with Gasteiger partial charge in [0.15, 0.2) is 0 Å². The summed E-state index contributed by atoms with van der Waals surface area (Å²) in [5.41, 5.74) is 1.95. The average molecular weight is 347 g/mol. The number of pyridine rings is 1. The molecule has 1 saturated heterocycles. The van der Waals surface area contributed by atoms with E-state index in [4.69, 9.17) is 4.74 Å². The van der Waals surface area contributed by atoms with Crippen LogP contribution in [-0.2, 0) is 0 Å². The predicted octanol–water partition coefficient (Wildman–Crippen LogP) is 4.61. The number of hydrogen-bond donors (Lipinski definition) is 1. The number of carbonyl (C=O) groups excluding carboxylic acids is 1. The van der Waals surface area contributed by atoms with E-state index in [0.29, 0.717) is 0 Å². The third kappa shape index (κ3) is 3.08. The first-order chi connectivity index (χ1) is 12.8. The fraction of sp³-hybridized carbons (Fsp3) is 0.238. The summed E-state index contributed by atoms with van der Waals surface area (Å²) in [5, 5.41) is 5.09. The first kappa shape index (κ1) is 16.4. The largest absolute Gasteiger partial charge is 0.497 e. The fourth-order valence-corrected chi connectivity index (χ4v) is 3.60. The summed E-state index contributed by atoms with van der Waals surface area (Å²) in [6, 6.07) is 15.8. The molecule has 132 valence electrons. The third-order valence-corrected chi connectivity index (χ3v) is 4.94. The zero-order valence-electron chi connectivity index (χ0n) is 14.7. The number of carbonyl (C=O) groups is 1. The Hall–Kier alpha value is -3.08. The summed E-state index contributed by atoms with van der Waals surface area (Å²) in [5.74, 6) is 0.826. The monoisotopic (exact) mass is 347 g/mol. The molecule has 0 radical (unpaired) electrons. The standard InChI is InChI=1S/C21H21N3O2/c1-26-17-9-7-15(8-10-17)20-6-3-13-24(20)21(25)23-19-5-2-4-16-14-22-12-11-18(16)19/h2,4-5,7-12,14,20H,3,6,13H2,1H3,(H,23,25)/t20-/m1/s1. The average Bonchev–Trinajstić information content (AvgIpc) is 3.18. The van der Waals surface area contributed by atoms with Crippen molar-refractivity contribution in [3.05, 3.63) is 66.5 Å². The Kier molecular flexibility index (Phi) is 4.44. The van der Waals surface area contributed by atoms with E-state index in [1.54, 1.807) is 19.5 Å². The van der Waals surface area contributed by atoms with Crippen molar-refractivity contribution < 1.29 is 9.53 Å². The lowest BCUT2D eigenvalue weighted by atomic mass is 10.0. The number of urea groups is 1. The Morgan fingerprint density at radius 2 is 2.04 bits per heavy atom. The molecule has 0 bridgehead atoms. The van der Waals surface area contributed by atoms with Crippen LogP contribution in [0.1, 0.15) is 24.4 Å². The van der Waals surface area contributed by atoms with Gasteiger partial charge in [0.25, 0.3) is 0 Å². The topological polar surface area (TPSA) is 54.5 Å². The van der Waals surface area contributed by atoms with Gasteiger partial charge in [-0.25, -0.2) is 4.79 Å². The lowest BCUT2D eigenvalue weighted by Gasteiger charge is -2.25. The van der Waals surface area contributed by atoms with Crippen LogP contribution in [0.15, 0.2) is 60.9 Å². The zero-order chi connectivity index (χ0) is 17.9. The summed E-state index contributed by atoms with van der Waals surface area (Å²) in [6.45, 7) is 0.759. The number of rotatable bonds is 3.